The highest BCUT2D eigenvalue weighted by Crippen LogP contribution is 2.35. The van der Waals surface area contributed by atoms with Crippen LogP contribution in [0.25, 0.3) is 11.1 Å². The molecule has 1 saturated carbocycles. The number of nitrogens with zero attached hydrogens (tertiary/aromatic N) is 2. The molecular formula is C25H28ClN3O3. The Balaban J connectivity index is 1.54. The van der Waals surface area contributed by atoms with Gasteiger partial charge in [0.15, 0.2) is 5.58 Å². The van der Waals surface area contributed by atoms with Gasteiger partial charge in [0, 0.05) is 29.7 Å². The van der Waals surface area contributed by atoms with Crippen molar-refractivity contribution in [2.24, 2.45) is 0 Å². The molecule has 3 aromatic rings. The molecule has 7 heteroatoms. The number of benzene rings is 1. The summed E-state index contributed by atoms with van der Waals surface area (Å²) >= 11 is 6.05. The number of furan rings is 1. The Bertz CT molecular complexity index is 1170. The molecule has 0 saturated heterocycles. The van der Waals surface area contributed by atoms with Gasteiger partial charge in [-0.1, -0.05) is 43.0 Å². The number of aromatic nitrogens is 1. The summed E-state index contributed by atoms with van der Waals surface area (Å²) in [7, 11) is 0. The molecule has 1 aromatic carbocycles. The summed E-state index contributed by atoms with van der Waals surface area (Å²) < 4.78 is 7.72. The largest absolute Gasteiger partial charge is 0.460 e. The number of carbonyl (C=O) groups is 2. The van der Waals surface area contributed by atoms with Gasteiger partial charge in [0.25, 0.3) is 5.91 Å². The third kappa shape index (κ3) is 3.60. The fourth-order valence-corrected chi connectivity index (χ4v) is 5.20. The Morgan fingerprint density at radius 3 is 2.62 bits per heavy atom. The van der Waals surface area contributed by atoms with Crippen molar-refractivity contribution in [2.75, 3.05) is 0 Å². The van der Waals surface area contributed by atoms with Gasteiger partial charge in [0.2, 0.25) is 5.91 Å². The molecule has 168 valence electrons. The van der Waals surface area contributed by atoms with E-state index in [-0.39, 0.29) is 17.9 Å². The molecule has 1 fully saturated rings. The monoisotopic (exact) mass is 453 g/mol. The van der Waals surface area contributed by atoms with Gasteiger partial charge in [0.1, 0.15) is 17.0 Å². The van der Waals surface area contributed by atoms with Gasteiger partial charge in [0.05, 0.1) is 12.1 Å². The zero-order valence-corrected chi connectivity index (χ0v) is 19.2. The average Bonchev–Trinajstić information content (AvgIpc) is 3.30. The topological polar surface area (TPSA) is 67.5 Å². The van der Waals surface area contributed by atoms with Crippen molar-refractivity contribution in [1.82, 2.24) is 14.8 Å². The zero-order chi connectivity index (χ0) is 22.5. The maximum absolute atomic E-state index is 13.7. The normalized spacial score (nSPS) is 21.7. The highest BCUT2D eigenvalue weighted by atomic mass is 35.5. The maximum Gasteiger partial charge on any atom is 0.271 e. The van der Waals surface area contributed by atoms with Crippen molar-refractivity contribution in [3.63, 3.8) is 0 Å². The molecule has 32 heavy (non-hydrogen) atoms. The predicted octanol–water partition coefficient (Wildman–Crippen LogP) is 5.06. The minimum absolute atomic E-state index is 0.0977. The van der Waals surface area contributed by atoms with Crippen LogP contribution in [0.5, 0.6) is 0 Å². The van der Waals surface area contributed by atoms with Crippen molar-refractivity contribution in [3.05, 3.63) is 58.4 Å². The number of carbonyl (C=O) groups excluding carboxylic acids is 2. The highest BCUT2D eigenvalue weighted by Gasteiger charge is 2.48. The lowest BCUT2D eigenvalue weighted by Crippen LogP contribution is -2.64. The molecule has 2 aliphatic rings. The number of fused-ring (bicyclic) bond motifs is 3. The van der Waals surface area contributed by atoms with E-state index in [1.807, 2.05) is 48.7 Å². The number of aryl methyl sites for hydroxylation is 1. The molecule has 2 aromatic heterocycles. The van der Waals surface area contributed by atoms with Gasteiger partial charge in [-0.25, -0.2) is 0 Å². The molecule has 2 amide bonds. The summed E-state index contributed by atoms with van der Waals surface area (Å²) in [5.41, 5.74) is 1.98. The quantitative estimate of drug-likeness (QED) is 0.600. The Morgan fingerprint density at radius 2 is 1.91 bits per heavy atom. The lowest BCUT2D eigenvalue weighted by molar-refractivity contribution is -0.134. The van der Waals surface area contributed by atoms with Gasteiger partial charge in [-0.05, 0) is 44.4 Å². The van der Waals surface area contributed by atoms with Crippen LogP contribution in [0, 0.1) is 6.92 Å². The molecule has 6 nitrogen and oxygen atoms in total. The van der Waals surface area contributed by atoms with Crippen molar-refractivity contribution < 1.29 is 14.0 Å². The number of hydrogen-bond donors (Lipinski definition) is 1. The summed E-state index contributed by atoms with van der Waals surface area (Å²) in [5.74, 6) is 0.519. The molecule has 1 atom stereocenters. The number of amides is 2. The van der Waals surface area contributed by atoms with Crippen LogP contribution in [-0.4, -0.2) is 32.9 Å². The van der Waals surface area contributed by atoms with E-state index >= 15 is 0 Å². The number of rotatable bonds is 4. The molecule has 0 spiro atoms. The Hall–Kier alpha value is -2.73. The summed E-state index contributed by atoms with van der Waals surface area (Å²) in [5, 5.41) is 3.90. The first kappa shape index (κ1) is 21.1. The summed E-state index contributed by atoms with van der Waals surface area (Å²) in [4.78, 5) is 29.1. The molecule has 1 N–H and O–H groups in total. The third-order valence-corrected chi connectivity index (χ3v) is 7.17. The van der Waals surface area contributed by atoms with E-state index in [1.54, 1.807) is 11.0 Å². The van der Waals surface area contributed by atoms with Gasteiger partial charge in [-0.2, -0.15) is 0 Å². The van der Waals surface area contributed by atoms with E-state index in [1.165, 1.54) is 6.42 Å². The zero-order valence-electron chi connectivity index (χ0n) is 18.5. The van der Waals surface area contributed by atoms with Crippen LogP contribution in [0.15, 0.2) is 40.8 Å². The molecule has 1 aliphatic heterocycles. The SMILES string of the molecule is Cc1cc2c(cc3n2C[C@](C)(C(=O)NC2CCCCC2)N(Cc2ccc(Cl)cc2)C3=O)o1. The van der Waals surface area contributed by atoms with Crippen molar-refractivity contribution in [2.45, 2.75) is 70.6 Å². The third-order valence-electron chi connectivity index (χ3n) is 6.92. The van der Waals surface area contributed by atoms with Crippen molar-refractivity contribution in [3.8, 4) is 0 Å². The molecular weight excluding hydrogens is 426 g/mol. The van der Waals surface area contributed by atoms with E-state index in [2.05, 4.69) is 5.32 Å². The highest BCUT2D eigenvalue weighted by molar-refractivity contribution is 6.30. The van der Waals surface area contributed by atoms with E-state index in [0.29, 0.717) is 29.4 Å². The summed E-state index contributed by atoms with van der Waals surface area (Å²) in [6.45, 7) is 4.47. The minimum Gasteiger partial charge on any atom is -0.460 e. The standard InChI is InChI=1S/C25H28ClN3O3/c1-16-12-20-22(32-16)13-21-23(30)29(14-17-8-10-18(26)11-9-17)25(2,15-28(20)21)24(31)27-19-6-4-3-5-7-19/h8-13,19H,3-7,14-15H2,1-2H3,(H,27,31)/t25-/m1/s1. The van der Waals surface area contributed by atoms with E-state index in [9.17, 15) is 9.59 Å². The van der Waals surface area contributed by atoms with Crippen LogP contribution in [0.2, 0.25) is 5.02 Å². The summed E-state index contributed by atoms with van der Waals surface area (Å²) in [6, 6.07) is 11.3. The Morgan fingerprint density at radius 1 is 1.19 bits per heavy atom. The maximum atomic E-state index is 13.7. The smallest absolute Gasteiger partial charge is 0.271 e. The molecule has 5 rings (SSSR count). The van der Waals surface area contributed by atoms with Crippen LogP contribution in [0.1, 0.15) is 60.8 Å². The number of halogens is 1. The lowest BCUT2D eigenvalue weighted by Gasteiger charge is -2.44. The van der Waals surface area contributed by atoms with Gasteiger partial charge < -0.3 is 19.2 Å². The van der Waals surface area contributed by atoms with Crippen LogP contribution >= 0.6 is 11.6 Å². The molecule has 0 radical (unpaired) electrons. The lowest BCUT2D eigenvalue weighted by atomic mass is 9.91. The van der Waals surface area contributed by atoms with Crippen LogP contribution in [0.4, 0.5) is 0 Å². The number of hydrogen-bond acceptors (Lipinski definition) is 3. The van der Waals surface area contributed by atoms with Crippen molar-refractivity contribution >= 4 is 34.5 Å². The van der Waals surface area contributed by atoms with E-state index in [4.69, 9.17) is 16.0 Å². The Labute approximate surface area is 192 Å². The van der Waals surface area contributed by atoms with E-state index in [0.717, 1.165) is 42.5 Å². The summed E-state index contributed by atoms with van der Waals surface area (Å²) in [6.07, 6.45) is 5.46. The van der Waals surface area contributed by atoms with E-state index < -0.39 is 5.54 Å². The fraction of sp³-hybridized carbons (Fsp3) is 0.440. The van der Waals surface area contributed by atoms with Crippen molar-refractivity contribution in [1.29, 1.82) is 0 Å². The first-order chi connectivity index (χ1) is 15.3. The second-order valence-electron chi connectivity index (χ2n) is 9.32. The average molecular weight is 454 g/mol. The van der Waals surface area contributed by atoms with Crippen LogP contribution in [0.3, 0.4) is 0 Å². The molecule has 0 bridgehead atoms. The number of nitrogens with one attached hydrogen (secondary N) is 1. The van der Waals surface area contributed by atoms with Crippen LogP contribution in [-0.2, 0) is 17.9 Å². The second kappa shape index (κ2) is 8.00. The molecule has 3 heterocycles. The van der Waals surface area contributed by atoms with Gasteiger partial charge in [-0.3, -0.25) is 9.59 Å². The van der Waals surface area contributed by atoms with Crippen LogP contribution < -0.4 is 5.32 Å². The molecule has 1 aliphatic carbocycles. The second-order valence-corrected chi connectivity index (χ2v) is 9.76. The first-order valence-electron chi connectivity index (χ1n) is 11.3. The van der Waals surface area contributed by atoms with Gasteiger partial charge >= 0.3 is 0 Å². The molecule has 0 unspecified atom stereocenters. The van der Waals surface area contributed by atoms with Gasteiger partial charge in [-0.15, -0.1) is 0 Å². The first-order valence-corrected chi connectivity index (χ1v) is 11.7. The fourth-order valence-electron chi connectivity index (χ4n) is 5.07. The Kier molecular flexibility index (Phi) is 5.28. The predicted molar refractivity (Wildman–Crippen MR) is 124 cm³/mol. The minimum atomic E-state index is -1.03.